The van der Waals surface area contributed by atoms with Gasteiger partial charge in [-0.3, -0.25) is 4.79 Å². The van der Waals surface area contributed by atoms with Crippen molar-refractivity contribution in [1.82, 2.24) is 0 Å². The maximum Gasteiger partial charge on any atom is 0.174 e. The van der Waals surface area contributed by atoms with Gasteiger partial charge in [0.2, 0.25) is 0 Å². The van der Waals surface area contributed by atoms with Gasteiger partial charge < -0.3 is 20.4 Å². The van der Waals surface area contributed by atoms with Gasteiger partial charge in [-0.15, -0.1) is 0 Å². The van der Waals surface area contributed by atoms with Crippen molar-refractivity contribution < 1.29 is 25.2 Å². The number of phenols is 4. The molecular weight excluding hydrogens is 416 g/mol. The highest BCUT2D eigenvalue weighted by Crippen LogP contribution is 2.37. The Morgan fingerprint density at radius 3 is 1.67 bits per heavy atom. The molecule has 182 valence electrons. The van der Waals surface area contributed by atoms with E-state index in [-0.39, 0.29) is 34.3 Å². The van der Waals surface area contributed by atoms with Crippen LogP contribution in [0.15, 0.2) is 36.4 Å². The molecule has 0 heterocycles. The molecule has 5 nitrogen and oxygen atoms in total. The number of rotatable bonds is 16. The van der Waals surface area contributed by atoms with E-state index in [1.165, 1.54) is 82.1 Å². The number of hydrogen-bond acceptors (Lipinski definition) is 5. The minimum absolute atomic E-state index is 0.0692. The lowest BCUT2D eigenvalue weighted by atomic mass is 9.85. The quantitative estimate of drug-likeness (QED) is 0.154. The molecule has 0 bridgehead atoms. The molecule has 0 aliphatic heterocycles. The van der Waals surface area contributed by atoms with Gasteiger partial charge in [0.15, 0.2) is 5.78 Å². The van der Waals surface area contributed by atoms with Crippen LogP contribution < -0.4 is 0 Å². The zero-order valence-corrected chi connectivity index (χ0v) is 19.9. The highest BCUT2D eigenvalue weighted by molar-refractivity contribution is 6.03. The van der Waals surface area contributed by atoms with Crippen molar-refractivity contribution in [3.05, 3.63) is 47.5 Å². The zero-order chi connectivity index (χ0) is 24.1. The fourth-order valence-electron chi connectivity index (χ4n) is 4.36. The van der Waals surface area contributed by atoms with Crippen LogP contribution in [0.5, 0.6) is 23.0 Å². The average molecular weight is 457 g/mol. The third-order valence-electron chi connectivity index (χ3n) is 6.30. The molecule has 2 rings (SSSR count). The van der Waals surface area contributed by atoms with Gasteiger partial charge in [-0.1, -0.05) is 90.0 Å². The fourth-order valence-corrected chi connectivity index (χ4v) is 4.36. The van der Waals surface area contributed by atoms with Crippen LogP contribution in [0.3, 0.4) is 0 Å². The zero-order valence-electron chi connectivity index (χ0n) is 19.9. The Bertz CT molecular complexity index is 861. The smallest absolute Gasteiger partial charge is 0.174 e. The normalized spacial score (nSPS) is 12.0. The van der Waals surface area contributed by atoms with Crippen molar-refractivity contribution in [2.45, 2.75) is 96.3 Å². The Hall–Kier alpha value is -2.69. The van der Waals surface area contributed by atoms with Crippen LogP contribution in [0.25, 0.3) is 0 Å². The molecule has 4 N–H and O–H groups in total. The topological polar surface area (TPSA) is 98.0 Å². The second kappa shape index (κ2) is 14.5. The van der Waals surface area contributed by atoms with Gasteiger partial charge in [0, 0.05) is 17.7 Å². The molecule has 0 spiro atoms. The van der Waals surface area contributed by atoms with Gasteiger partial charge in [0.1, 0.15) is 23.0 Å². The van der Waals surface area contributed by atoms with E-state index in [1.807, 2.05) is 0 Å². The van der Waals surface area contributed by atoms with E-state index >= 15 is 0 Å². The first-order valence-electron chi connectivity index (χ1n) is 12.5. The predicted molar refractivity (Wildman–Crippen MR) is 132 cm³/mol. The van der Waals surface area contributed by atoms with Gasteiger partial charge in [0.25, 0.3) is 0 Å². The average Bonchev–Trinajstić information content (AvgIpc) is 2.77. The number of aromatic hydroxyl groups is 4. The lowest BCUT2D eigenvalue weighted by Gasteiger charge is -2.18. The van der Waals surface area contributed by atoms with Crippen LogP contribution in [-0.4, -0.2) is 26.2 Å². The number of phenolic OH excluding ortho intramolecular Hbond substituents is 4. The monoisotopic (exact) mass is 456 g/mol. The minimum Gasteiger partial charge on any atom is -0.508 e. The predicted octanol–water partition coefficient (Wildman–Crippen LogP) is 7.57. The third kappa shape index (κ3) is 8.99. The Morgan fingerprint density at radius 2 is 1.15 bits per heavy atom. The molecule has 1 atom stereocenters. The molecule has 0 aliphatic rings. The molecule has 0 saturated heterocycles. The fraction of sp³-hybridized carbons (Fsp3) is 0.536. The molecule has 1 unspecified atom stereocenters. The summed E-state index contributed by atoms with van der Waals surface area (Å²) in [4.78, 5) is 13.2. The molecule has 0 amide bonds. The number of hydrogen-bond donors (Lipinski definition) is 4. The number of carbonyl (C=O) groups is 1. The van der Waals surface area contributed by atoms with Crippen LogP contribution in [-0.2, 0) is 0 Å². The summed E-state index contributed by atoms with van der Waals surface area (Å²) < 4.78 is 0. The van der Waals surface area contributed by atoms with E-state index < -0.39 is 5.92 Å². The van der Waals surface area contributed by atoms with Crippen LogP contribution in [0.1, 0.15) is 112 Å². The van der Waals surface area contributed by atoms with Gasteiger partial charge >= 0.3 is 0 Å². The lowest BCUT2D eigenvalue weighted by Crippen LogP contribution is -2.14. The molecule has 0 aliphatic carbocycles. The Kier molecular flexibility index (Phi) is 11.6. The highest BCUT2D eigenvalue weighted by atomic mass is 16.3. The van der Waals surface area contributed by atoms with E-state index in [1.54, 1.807) is 6.07 Å². The van der Waals surface area contributed by atoms with Crippen molar-refractivity contribution in [2.24, 2.45) is 0 Å². The summed E-state index contributed by atoms with van der Waals surface area (Å²) >= 11 is 0. The maximum atomic E-state index is 13.2. The summed E-state index contributed by atoms with van der Waals surface area (Å²) in [6.45, 7) is 2.24. The first-order valence-corrected chi connectivity index (χ1v) is 12.5. The van der Waals surface area contributed by atoms with E-state index in [9.17, 15) is 25.2 Å². The lowest BCUT2D eigenvalue weighted by molar-refractivity contribution is 0.0949. The van der Waals surface area contributed by atoms with Crippen LogP contribution >= 0.6 is 0 Å². The summed E-state index contributed by atoms with van der Waals surface area (Å²) in [6.07, 6.45) is 15.2. The molecule has 2 aromatic rings. The molecule has 5 heteroatoms. The Morgan fingerprint density at radius 1 is 0.667 bits per heavy atom. The second-order valence-corrected chi connectivity index (χ2v) is 9.04. The molecular formula is C28H40O5. The molecule has 0 saturated carbocycles. The number of carbonyl (C=O) groups excluding carboxylic acids is 1. The molecule has 2 aromatic carbocycles. The van der Waals surface area contributed by atoms with Gasteiger partial charge in [-0.25, -0.2) is 0 Å². The molecule has 33 heavy (non-hydrogen) atoms. The van der Waals surface area contributed by atoms with Crippen molar-refractivity contribution in [1.29, 1.82) is 0 Å². The highest BCUT2D eigenvalue weighted by Gasteiger charge is 2.26. The third-order valence-corrected chi connectivity index (χ3v) is 6.30. The Balaban J connectivity index is 1.86. The Labute approximate surface area is 198 Å². The first-order chi connectivity index (χ1) is 15.9. The summed E-state index contributed by atoms with van der Waals surface area (Å²) in [7, 11) is 0. The van der Waals surface area contributed by atoms with E-state index in [2.05, 4.69) is 6.92 Å². The largest absolute Gasteiger partial charge is 0.508 e. The minimum atomic E-state index is -0.635. The summed E-state index contributed by atoms with van der Waals surface area (Å²) in [6, 6.07) is 8.16. The molecule has 0 aromatic heterocycles. The van der Waals surface area contributed by atoms with Crippen molar-refractivity contribution in [2.75, 3.05) is 0 Å². The SMILES string of the molecule is CCCCCCCCCCCCCCC(C(=O)c1ccc(O)cc1O)c1ccc(O)cc1O. The second-order valence-electron chi connectivity index (χ2n) is 9.04. The first kappa shape index (κ1) is 26.6. The van der Waals surface area contributed by atoms with Crippen LogP contribution in [0.2, 0.25) is 0 Å². The van der Waals surface area contributed by atoms with E-state index in [0.717, 1.165) is 25.3 Å². The summed E-state index contributed by atoms with van der Waals surface area (Å²) in [5, 5.41) is 39.7. The summed E-state index contributed by atoms with van der Waals surface area (Å²) in [5.41, 5.74) is 0.553. The summed E-state index contributed by atoms with van der Waals surface area (Å²) in [5.74, 6) is -1.54. The van der Waals surface area contributed by atoms with Gasteiger partial charge in [-0.05, 0) is 24.6 Å². The molecule has 0 fully saturated rings. The molecule has 0 radical (unpaired) electrons. The van der Waals surface area contributed by atoms with E-state index in [4.69, 9.17) is 0 Å². The van der Waals surface area contributed by atoms with E-state index in [0.29, 0.717) is 12.0 Å². The number of ketones is 1. The van der Waals surface area contributed by atoms with Gasteiger partial charge in [-0.2, -0.15) is 0 Å². The van der Waals surface area contributed by atoms with Crippen LogP contribution in [0.4, 0.5) is 0 Å². The van der Waals surface area contributed by atoms with Crippen LogP contribution in [0, 0.1) is 0 Å². The number of benzene rings is 2. The maximum absolute atomic E-state index is 13.2. The van der Waals surface area contributed by atoms with Gasteiger partial charge in [0.05, 0.1) is 11.5 Å². The van der Waals surface area contributed by atoms with Crippen molar-refractivity contribution >= 4 is 5.78 Å². The number of Topliss-reactive ketones (excluding diaryl/α,β-unsaturated/α-hetero) is 1. The van der Waals surface area contributed by atoms with Crippen molar-refractivity contribution in [3.63, 3.8) is 0 Å². The standard InChI is InChI=1S/C28H40O5/c1-2-3-4-5-6-7-8-9-10-11-12-13-14-24(23-17-15-21(29)19-26(23)31)28(33)25-18-16-22(30)20-27(25)32/h15-20,24,29-32H,2-14H2,1H3. The van der Waals surface area contributed by atoms with Crippen molar-refractivity contribution in [3.8, 4) is 23.0 Å². The number of unbranched alkanes of at least 4 members (excludes halogenated alkanes) is 11.